The Bertz CT molecular complexity index is 274. The van der Waals surface area contributed by atoms with Crippen molar-refractivity contribution >= 4 is 5.91 Å². The molecule has 1 aromatic heterocycles. The van der Waals surface area contributed by atoms with Crippen LogP contribution in [0.5, 0.6) is 0 Å². The molecular formula is C9H16N4O2. The van der Waals surface area contributed by atoms with Crippen molar-refractivity contribution in [3.05, 3.63) is 12.4 Å². The summed E-state index contributed by atoms with van der Waals surface area (Å²) in [5.74, 6) is -0.0939. The molecule has 84 valence electrons. The van der Waals surface area contributed by atoms with Gasteiger partial charge in [-0.2, -0.15) is 0 Å². The molecule has 0 saturated heterocycles. The summed E-state index contributed by atoms with van der Waals surface area (Å²) < 4.78 is 6.75. The van der Waals surface area contributed by atoms with Crippen molar-refractivity contribution in [1.82, 2.24) is 20.3 Å². The lowest BCUT2D eigenvalue weighted by molar-refractivity contribution is -0.125. The third kappa shape index (κ3) is 5.11. The lowest BCUT2D eigenvalue weighted by atomic mass is 10.5. The van der Waals surface area contributed by atoms with Gasteiger partial charge < -0.3 is 10.1 Å². The van der Waals surface area contributed by atoms with E-state index in [1.807, 2.05) is 6.92 Å². The van der Waals surface area contributed by atoms with Crippen molar-refractivity contribution in [2.45, 2.75) is 19.9 Å². The molecule has 6 heteroatoms. The second kappa shape index (κ2) is 6.94. The molecule has 1 amide bonds. The van der Waals surface area contributed by atoms with Gasteiger partial charge in [0.05, 0.1) is 12.7 Å². The Labute approximate surface area is 88.6 Å². The number of aromatic nitrogens is 3. The van der Waals surface area contributed by atoms with Crippen LogP contribution in [-0.4, -0.2) is 40.7 Å². The first-order chi connectivity index (χ1) is 7.33. The van der Waals surface area contributed by atoms with Crippen LogP contribution in [0.2, 0.25) is 0 Å². The fourth-order valence-electron chi connectivity index (χ4n) is 1.02. The first kappa shape index (κ1) is 11.6. The number of nitrogens with one attached hydrogen (secondary N) is 1. The summed E-state index contributed by atoms with van der Waals surface area (Å²) >= 11 is 0. The highest BCUT2D eigenvalue weighted by Gasteiger charge is 1.99. The Morgan fingerprint density at radius 3 is 3.13 bits per heavy atom. The van der Waals surface area contributed by atoms with Crippen LogP contribution in [0.25, 0.3) is 0 Å². The van der Waals surface area contributed by atoms with Crippen molar-refractivity contribution in [2.24, 2.45) is 0 Å². The van der Waals surface area contributed by atoms with Crippen molar-refractivity contribution in [2.75, 3.05) is 19.8 Å². The molecule has 1 rings (SSSR count). The fraction of sp³-hybridized carbons (Fsp3) is 0.667. The van der Waals surface area contributed by atoms with E-state index in [2.05, 4.69) is 15.6 Å². The normalized spacial score (nSPS) is 10.2. The molecule has 0 bridgehead atoms. The molecule has 1 heterocycles. The summed E-state index contributed by atoms with van der Waals surface area (Å²) in [7, 11) is 0. The molecule has 0 aromatic carbocycles. The van der Waals surface area contributed by atoms with Gasteiger partial charge >= 0.3 is 0 Å². The predicted molar refractivity (Wildman–Crippen MR) is 54.1 cm³/mol. The zero-order valence-corrected chi connectivity index (χ0v) is 8.85. The summed E-state index contributed by atoms with van der Waals surface area (Å²) in [6, 6.07) is 0. The van der Waals surface area contributed by atoms with Crippen LogP contribution < -0.4 is 5.32 Å². The first-order valence-electron chi connectivity index (χ1n) is 5.01. The van der Waals surface area contributed by atoms with Gasteiger partial charge in [-0.3, -0.25) is 9.48 Å². The quantitative estimate of drug-likeness (QED) is 0.637. The topological polar surface area (TPSA) is 69.0 Å². The monoisotopic (exact) mass is 212 g/mol. The molecular weight excluding hydrogens is 196 g/mol. The van der Waals surface area contributed by atoms with Gasteiger partial charge in [0.2, 0.25) is 5.91 Å². The van der Waals surface area contributed by atoms with E-state index in [1.165, 1.54) is 0 Å². The Balaban J connectivity index is 2.02. The van der Waals surface area contributed by atoms with Crippen LogP contribution >= 0.6 is 0 Å². The van der Waals surface area contributed by atoms with Crippen molar-refractivity contribution in [3.63, 3.8) is 0 Å². The van der Waals surface area contributed by atoms with E-state index in [0.29, 0.717) is 19.7 Å². The number of hydrogen-bond donors (Lipinski definition) is 1. The molecule has 0 saturated carbocycles. The number of ether oxygens (including phenoxy) is 1. The minimum atomic E-state index is -0.0939. The number of carbonyl (C=O) groups is 1. The number of rotatable bonds is 7. The molecule has 0 atom stereocenters. The molecule has 15 heavy (non-hydrogen) atoms. The maximum Gasteiger partial charge on any atom is 0.246 e. The van der Waals surface area contributed by atoms with E-state index in [0.717, 1.165) is 6.42 Å². The Morgan fingerprint density at radius 2 is 2.47 bits per heavy atom. The SMILES string of the molecule is CCCOCC(=O)NCCn1ccnn1. The molecule has 0 aliphatic carbocycles. The standard InChI is InChI=1S/C9H16N4O2/c1-2-7-15-8-9(14)10-3-5-13-6-4-11-12-13/h4,6H,2-3,5,7-8H2,1H3,(H,10,14). The van der Waals surface area contributed by atoms with Crippen LogP contribution in [0.15, 0.2) is 12.4 Å². The van der Waals surface area contributed by atoms with Crippen LogP contribution in [0.3, 0.4) is 0 Å². The molecule has 0 aliphatic heterocycles. The van der Waals surface area contributed by atoms with E-state index >= 15 is 0 Å². The Morgan fingerprint density at radius 1 is 1.60 bits per heavy atom. The van der Waals surface area contributed by atoms with E-state index in [-0.39, 0.29) is 12.5 Å². The fourth-order valence-corrected chi connectivity index (χ4v) is 1.02. The largest absolute Gasteiger partial charge is 0.372 e. The highest BCUT2D eigenvalue weighted by molar-refractivity contribution is 5.77. The summed E-state index contributed by atoms with van der Waals surface area (Å²) in [5, 5.41) is 10.2. The lowest BCUT2D eigenvalue weighted by Gasteiger charge is -2.05. The highest BCUT2D eigenvalue weighted by atomic mass is 16.5. The van der Waals surface area contributed by atoms with Crippen LogP contribution in [0.4, 0.5) is 0 Å². The lowest BCUT2D eigenvalue weighted by Crippen LogP contribution is -2.30. The third-order valence-corrected chi connectivity index (χ3v) is 1.72. The van der Waals surface area contributed by atoms with Gasteiger partial charge in [-0.1, -0.05) is 12.1 Å². The van der Waals surface area contributed by atoms with Gasteiger partial charge in [0.25, 0.3) is 0 Å². The van der Waals surface area contributed by atoms with Gasteiger partial charge in [0.15, 0.2) is 0 Å². The van der Waals surface area contributed by atoms with Crippen molar-refractivity contribution < 1.29 is 9.53 Å². The van der Waals surface area contributed by atoms with Gasteiger partial charge in [-0.15, -0.1) is 5.10 Å². The van der Waals surface area contributed by atoms with Crippen LogP contribution in [0, 0.1) is 0 Å². The van der Waals surface area contributed by atoms with Gasteiger partial charge in [-0.25, -0.2) is 0 Å². The zero-order chi connectivity index (χ0) is 10.9. The maximum atomic E-state index is 11.2. The van der Waals surface area contributed by atoms with E-state index in [1.54, 1.807) is 17.1 Å². The Kier molecular flexibility index (Phi) is 5.39. The Hall–Kier alpha value is -1.43. The molecule has 0 spiro atoms. The van der Waals surface area contributed by atoms with Gasteiger partial charge in [0, 0.05) is 19.3 Å². The minimum absolute atomic E-state index is 0.0939. The number of hydrogen-bond acceptors (Lipinski definition) is 4. The van der Waals surface area contributed by atoms with E-state index in [4.69, 9.17) is 4.74 Å². The van der Waals surface area contributed by atoms with Crippen LogP contribution in [-0.2, 0) is 16.1 Å². The van der Waals surface area contributed by atoms with Gasteiger partial charge in [-0.05, 0) is 6.42 Å². The molecule has 0 unspecified atom stereocenters. The smallest absolute Gasteiger partial charge is 0.246 e. The molecule has 6 nitrogen and oxygen atoms in total. The number of amides is 1. The van der Waals surface area contributed by atoms with Crippen LogP contribution in [0.1, 0.15) is 13.3 Å². The summed E-state index contributed by atoms with van der Waals surface area (Å²) in [6.45, 7) is 3.92. The van der Waals surface area contributed by atoms with E-state index in [9.17, 15) is 4.79 Å². The molecule has 1 aromatic rings. The minimum Gasteiger partial charge on any atom is -0.372 e. The summed E-state index contributed by atoms with van der Waals surface area (Å²) in [6.07, 6.45) is 4.28. The first-order valence-corrected chi connectivity index (χ1v) is 5.01. The zero-order valence-electron chi connectivity index (χ0n) is 8.85. The van der Waals surface area contributed by atoms with Gasteiger partial charge in [0.1, 0.15) is 6.61 Å². The van der Waals surface area contributed by atoms with E-state index < -0.39 is 0 Å². The molecule has 1 N–H and O–H groups in total. The third-order valence-electron chi connectivity index (χ3n) is 1.72. The summed E-state index contributed by atoms with van der Waals surface area (Å²) in [5.41, 5.74) is 0. The predicted octanol–water partition coefficient (Wildman–Crippen LogP) is -0.179. The number of carbonyl (C=O) groups excluding carboxylic acids is 1. The highest BCUT2D eigenvalue weighted by Crippen LogP contribution is 1.81. The molecule has 0 aliphatic rings. The average molecular weight is 212 g/mol. The average Bonchev–Trinajstić information content (AvgIpc) is 2.71. The number of nitrogens with zero attached hydrogens (tertiary/aromatic N) is 3. The summed E-state index contributed by atoms with van der Waals surface area (Å²) in [4.78, 5) is 11.2. The second-order valence-corrected chi connectivity index (χ2v) is 3.07. The second-order valence-electron chi connectivity index (χ2n) is 3.07. The van der Waals surface area contributed by atoms with Crippen molar-refractivity contribution in [1.29, 1.82) is 0 Å². The van der Waals surface area contributed by atoms with Crippen molar-refractivity contribution in [3.8, 4) is 0 Å². The molecule has 0 fully saturated rings. The maximum absolute atomic E-state index is 11.2. The molecule has 0 radical (unpaired) electrons.